The van der Waals surface area contributed by atoms with Crippen molar-refractivity contribution in [2.75, 3.05) is 13.2 Å². The van der Waals surface area contributed by atoms with Crippen molar-refractivity contribution < 1.29 is 4.74 Å². The Morgan fingerprint density at radius 2 is 1.47 bits per heavy atom. The summed E-state index contributed by atoms with van der Waals surface area (Å²) in [7, 11) is 0. The second-order valence-electron chi connectivity index (χ2n) is 4.73. The van der Waals surface area contributed by atoms with Gasteiger partial charge in [-0.25, -0.2) is 0 Å². The van der Waals surface area contributed by atoms with Crippen LogP contribution in [0.5, 0.6) is 0 Å². The zero-order valence-corrected chi connectivity index (χ0v) is 11.3. The topological polar surface area (TPSA) is 9.23 Å². The van der Waals surface area contributed by atoms with E-state index in [2.05, 4.69) is 64.3 Å². The van der Waals surface area contributed by atoms with Crippen molar-refractivity contribution in [3.05, 3.63) is 61.2 Å². The molecule has 0 amide bonds. The molecule has 1 heteroatoms. The Kier molecular flexibility index (Phi) is 8.08. The highest BCUT2D eigenvalue weighted by Gasteiger charge is 2.11. The molecule has 0 aliphatic rings. The van der Waals surface area contributed by atoms with Crippen molar-refractivity contribution in [2.45, 2.75) is 26.2 Å². The lowest BCUT2D eigenvalue weighted by Crippen LogP contribution is -2.10. The maximum absolute atomic E-state index is 4.90. The summed E-state index contributed by atoms with van der Waals surface area (Å²) in [5, 5.41) is 0. The van der Waals surface area contributed by atoms with E-state index in [-0.39, 0.29) is 0 Å². The summed E-state index contributed by atoms with van der Waals surface area (Å²) < 4.78 is 4.90. The summed E-state index contributed by atoms with van der Waals surface area (Å²) in [5.74, 6) is 0. The van der Waals surface area contributed by atoms with Crippen molar-refractivity contribution in [3.63, 3.8) is 0 Å². The molecule has 1 aromatic carbocycles. The van der Waals surface area contributed by atoms with Gasteiger partial charge in [-0.05, 0) is 11.0 Å². The van der Waals surface area contributed by atoms with Crippen molar-refractivity contribution in [1.82, 2.24) is 0 Å². The van der Waals surface area contributed by atoms with Crippen LogP contribution in [0.1, 0.15) is 26.3 Å². The molecule has 0 aliphatic heterocycles. The third kappa shape index (κ3) is 8.47. The molecule has 0 heterocycles. The fraction of sp³-hybridized carbons (Fsp3) is 0.375. The first-order valence-corrected chi connectivity index (χ1v) is 5.87. The van der Waals surface area contributed by atoms with Gasteiger partial charge >= 0.3 is 0 Å². The normalized spacial score (nSPS) is 10.1. The molecule has 0 radical (unpaired) electrons. The maximum Gasteiger partial charge on any atom is 0.0649 e. The first-order valence-electron chi connectivity index (χ1n) is 5.87. The summed E-state index contributed by atoms with van der Waals surface area (Å²) in [6.45, 7) is 14.9. The van der Waals surface area contributed by atoms with Gasteiger partial charge in [-0.1, -0.05) is 63.3 Å². The van der Waals surface area contributed by atoms with Crippen molar-refractivity contribution >= 4 is 0 Å². The van der Waals surface area contributed by atoms with Crippen molar-refractivity contribution in [2.24, 2.45) is 0 Å². The van der Waals surface area contributed by atoms with Crippen LogP contribution in [-0.2, 0) is 10.2 Å². The van der Waals surface area contributed by atoms with Gasteiger partial charge in [0.2, 0.25) is 0 Å². The highest BCUT2D eigenvalue weighted by atomic mass is 16.5. The van der Waals surface area contributed by atoms with Crippen LogP contribution in [0.25, 0.3) is 0 Å². The highest BCUT2D eigenvalue weighted by molar-refractivity contribution is 5.21. The van der Waals surface area contributed by atoms with Crippen LogP contribution in [0.4, 0.5) is 0 Å². The van der Waals surface area contributed by atoms with Gasteiger partial charge in [-0.15, -0.1) is 13.2 Å². The molecule has 0 bridgehead atoms. The smallest absolute Gasteiger partial charge is 0.0649 e. The van der Waals surface area contributed by atoms with Gasteiger partial charge in [0.05, 0.1) is 13.2 Å². The monoisotopic (exact) mass is 232 g/mol. The minimum atomic E-state index is 0.293. The van der Waals surface area contributed by atoms with Gasteiger partial charge in [0.15, 0.2) is 0 Å². The molecule has 0 spiro atoms. The lowest BCUT2D eigenvalue weighted by molar-refractivity contribution is 0.194. The number of hydrogen-bond donors (Lipinski definition) is 0. The molecular weight excluding hydrogens is 208 g/mol. The van der Waals surface area contributed by atoms with E-state index in [0.717, 1.165) is 0 Å². The first-order chi connectivity index (χ1) is 8.02. The van der Waals surface area contributed by atoms with E-state index in [9.17, 15) is 0 Å². The molecule has 0 aliphatic carbocycles. The Morgan fingerprint density at radius 3 is 1.76 bits per heavy atom. The third-order valence-corrected chi connectivity index (χ3v) is 2.11. The summed E-state index contributed by atoms with van der Waals surface area (Å²) in [4.78, 5) is 0. The molecule has 0 N–H and O–H groups in total. The average molecular weight is 232 g/mol. The quantitative estimate of drug-likeness (QED) is 0.553. The van der Waals surface area contributed by atoms with E-state index >= 15 is 0 Å². The van der Waals surface area contributed by atoms with Crippen LogP contribution < -0.4 is 0 Å². The third-order valence-electron chi connectivity index (χ3n) is 2.11. The van der Waals surface area contributed by atoms with Crippen LogP contribution in [0.2, 0.25) is 0 Å². The fourth-order valence-corrected chi connectivity index (χ4v) is 1.17. The molecule has 0 saturated heterocycles. The Morgan fingerprint density at radius 1 is 1.00 bits per heavy atom. The Hall–Kier alpha value is -1.34. The minimum Gasteiger partial charge on any atom is -0.373 e. The number of hydrogen-bond acceptors (Lipinski definition) is 1. The van der Waals surface area contributed by atoms with Crippen LogP contribution in [0, 0.1) is 0 Å². The lowest BCUT2D eigenvalue weighted by atomic mass is 9.87. The van der Waals surface area contributed by atoms with Gasteiger partial charge in [0.1, 0.15) is 0 Å². The standard InChI is InChI=1S/C10H14.C6H10O/c1-10(2,3)9-7-5-4-6-8-9;1-3-5-7-6-4-2/h4-8H,1-3H3;3-4H,1-2,5-6H2. The van der Waals surface area contributed by atoms with E-state index < -0.39 is 0 Å². The Bertz CT molecular complexity index is 298. The zero-order valence-electron chi connectivity index (χ0n) is 11.3. The van der Waals surface area contributed by atoms with E-state index in [1.54, 1.807) is 12.2 Å². The Balaban J connectivity index is 0.000000325. The van der Waals surface area contributed by atoms with Crippen molar-refractivity contribution in [1.29, 1.82) is 0 Å². The summed E-state index contributed by atoms with van der Waals surface area (Å²) in [6, 6.07) is 10.6. The number of ether oxygens (including phenoxy) is 1. The SMILES string of the molecule is C=CCOCC=C.CC(C)(C)c1ccccc1. The van der Waals surface area contributed by atoms with Crippen LogP contribution in [0.3, 0.4) is 0 Å². The zero-order chi connectivity index (χ0) is 13.1. The summed E-state index contributed by atoms with van der Waals surface area (Å²) in [5.41, 5.74) is 1.69. The van der Waals surface area contributed by atoms with Gasteiger partial charge < -0.3 is 4.74 Å². The molecule has 0 saturated carbocycles. The molecule has 17 heavy (non-hydrogen) atoms. The molecule has 1 nitrogen and oxygen atoms in total. The van der Waals surface area contributed by atoms with Crippen molar-refractivity contribution in [3.8, 4) is 0 Å². The van der Waals surface area contributed by atoms with Crippen LogP contribution >= 0.6 is 0 Å². The molecule has 1 rings (SSSR count). The van der Waals surface area contributed by atoms with Gasteiger partial charge in [-0.2, -0.15) is 0 Å². The molecule has 0 unspecified atom stereocenters. The second kappa shape index (κ2) is 8.77. The van der Waals surface area contributed by atoms with E-state index in [4.69, 9.17) is 4.74 Å². The molecule has 94 valence electrons. The number of benzene rings is 1. The molecule has 0 atom stereocenters. The first kappa shape index (κ1) is 15.7. The maximum atomic E-state index is 4.90. The van der Waals surface area contributed by atoms with E-state index in [1.807, 2.05) is 0 Å². The molecular formula is C16H24O. The van der Waals surface area contributed by atoms with E-state index in [1.165, 1.54) is 5.56 Å². The largest absolute Gasteiger partial charge is 0.373 e. The van der Waals surface area contributed by atoms with Gasteiger partial charge in [-0.3, -0.25) is 0 Å². The average Bonchev–Trinajstić information content (AvgIpc) is 2.31. The predicted octanol–water partition coefficient (Wildman–Crippen LogP) is 4.36. The van der Waals surface area contributed by atoms with E-state index in [0.29, 0.717) is 18.6 Å². The highest BCUT2D eigenvalue weighted by Crippen LogP contribution is 2.20. The Labute approximate surface area is 106 Å². The summed E-state index contributed by atoms with van der Waals surface area (Å²) in [6.07, 6.45) is 3.42. The lowest BCUT2D eigenvalue weighted by Gasteiger charge is -2.18. The minimum absolute atomic E-state index is 0.293. The van der Waals surface area contributed by atoms with Gasteiger partial charge in [0.25, 0.3) is 0 Å². The van der Waals surface area contributed by atoms with Crippen LogP contribution in [-0.4, -0.2) is 13.2 Å². The number of rotatable bonds is 4. The summed E-state index contributed by atoms with van der Waals surface area (Å²) >= 11 is 0. The second-order valence-corrected chi connectivity index (χ2v) is 4.73. The van der Waals surface area contributed by atoms with Crippen LogP contribution in [0.15, 0.2) is 55.6 Å². The van der Waals surface area contributed by atoms with Gasteiger partial charge in [0, 0.05) is 0 Å². The molecule has 0 fully saturated rings. The molecule has 1 aromatic rings. The fourth-order valence-electron chi connectivity index (χ4n) is 1.17. The molecule has 0 aromatic heterocycles. The predicted molar refractivity (Wildman–Crippen MR) is 76.4 cm³/mol.